The van der Waals surface area contributed by atoms with Gasteiger partial charge in [0.05, 0.1) is 25.0 Å². The van der Waals surface area contributed by atoms with E-state index in [0.717, 1.165) is 18.2 Å². The van der Waals surface area contributed by atoms with Gasteiger partial charge in [0.15, 0.2) is 17.3 Å². The fourth-order valence-corrected chi connectivity index (χ4v) is 3.64. The van der Waals surface area contributed by atoms with Gasteiger partial charge in [0.25, 0.3) is 5.91 Å². The monoisotopic (exact) mass is 579 g/mol. The minimum atomic E-state index is -5.28. The fraction of sp³-hybridized carbons (Fsp3) is 0.296. The molecular formula is C27H29F4N5O5. The number of rotatable bonds is 10. The molecule has 14 heteroatoms. The summed E-state index contributed by atoms with van der Waals surface area (Å²) in [7, 11) is 1.27. The number of oxime groups is 1. The van der Waals surface area contributed by atoms with Crippen LogP contribution in [0.2, 0.25) is 0 Å². The Hall–Kier alpha value is -4.43. The number of carbonyl (C=O) groups is 1. The molecule has 0 fully saturated rings. The number of aromatic nitrogens is 1. The van der Waals surface area contributed by atoms with Crippen LogP contribution in [0, 0.1) is 5.82 Å². The summed E-state index contributed by atoms with van der Waals surface area (Å²) < 4.78 is 67.2. The van der Waals surface area contributed by atoms with Crippen LogP contribution in [0.5, 0.6) is 11.5 Å². The Balaban J connectivity index is 1.97. The number of nitrogens with one attached hydrogen (secondary N) is 1. The van der Waals surface area contributed by atoms with Gasteiger partial charge in [-0.05, 0) is 74.0 Å². The highest BCUT2D eigenvalue weighted by Crippen LogP contribution is 2.40. The Kier molecular flexibility index (Phi) is 9.09. The molecule has 3 rings (SSSR count). The van der Waals surface area contributed by atoms with Gasteiger partial charge in [0.2, 0.25) is 5.60 Å². The van der Waals surface area contributed by atoms with Crippen LogP contribution in [-0.4, -0.2) is 53.5 Å². The summed E-state index contributed by atoms with van der Waals surface area (Å²) in [6, 6.07) is 11.1. The first kappa shape index (κ1) is 31.1. The van der Waals surface area contributed by atoms with E-state index in [1.807, 2.05) is 0 Å². The maximum absolute atomic E-state index is 14.4. The lowest BCUT2D eigenvalue weighted by Crippen LogP contribution is -2.51. The predicted octanol–water partition coefficient (Wildman–Crippen LogP) is 3.40. The van der Waals surface area contributed by atoms with Gasteiger partial charge >= 0.3 is 6.18 Å². The van der Waals surface area contributed by atoms with Gasteiger partial charge in [-0.2, -0.15) is 13.2 Å². The van der Waals surface area contributed by atoms with E-state index in [1.165, 1.54) is 43.5 Å². The number of aliphatic hydroxyl groups is 1. The third-order valence-corrected chi connectivity index (χ3v) is 6.04. The maximum Gasteiger partial charge on any atom is 0.424 e. The molecule has 220 valence electrons. The van der Waals surface area contributed by atoms with E-state index < -0.39 is 41.3 Å². The normalized spacial score (nSPS) is 13.8. The van der Waals surface area contributed by atoms with E-state index in [9.17, 15) is 27.5 Å². The number of hydrogen-bond donors (Lipinski definition) is 5. The summed E-state index contributed by atoms with van der Waals surface area (Å²) in [6.45, 7) is 1.51. The molecule has 1 atom stereocenters. The Morgan fingerprint density at radius 1 is 1.07 bits per heavy atom. The van der Waals surface area contributed by atoms with Crippen LogP contribution in [0.3, 0.4) is 0 Å². The van der Waals surface area contributed by atoms with Crippen molar-refractivity contribution in [1.82, 2.24) is 10.3 Å². The van der Waals surface area contributed by atoms with Gasteiger partial charge in [0, 0.05) is 16.7 Å². The second kappa shape index (κ2) is 12.0. The van der Waals surface area contributed by atoms with E-state index in [2.05, 4.69) is 15.5 Å². The number of pyridine rings is 1. The summed E-state index contributed by atoms with van der Waals surface area (Å²) in [4.78, 5) is 16.9. The lowest BCUT2D eigenvalue weighted by molar-refractivity contribution is -0.265. The van der Waals surface area contributed by atoms with E-state index in [0.29, 0.717) is 0 Å². The average Bonchev–Trinajstić information content (AvgIpc) is 2.93. The molecule has 0 aliphatic carbocycles. The molecule has 1 amide bonds. The standard InChI is InChI=1S/C27H29F4N5O5/c1-25(2,33)17-11-19(15-4-7-18(28)8-5-15)35-22(12-17)26(38,27(29,30)31)14-34-24(37)16-6-9-20(21(10-16)40-3)41-13-23(32)36-39/h4-12,38-39H,13-14,33H2,1-3H3,(H2,32,36)(H,34,37). The summed E-state index contributed by atoms with van der Waals surface area (Å²) in [5.74, 6) is -1.61. The lowest BCUT2D eigenvalue weighted by Gasteiger charge is -2.32. The number of alkyl halides is 3. The van der Waals surface area contributed by atoms with Gasteiger partial charge in [-0.1, -0.05) is 5.16 Å². The number of amidine groups is 1. The van der Waals surface area contributed by atoms with Gasteiger partial charge < -0.3 is 36.6 Å². The predicted molar refractivity (Wildman–Crippen MR) is 141 cm³/mol. The molecule has 0 aliphatic heterocycles. The molecule has 1 heterocycles. The highest BCUT2D eigenvalue weighted by Gasteiger charge is 2.56. The zero-order chi connectivity index (χ0) is 30.6. The summed E-state index contributed by atoms with van der Waals surface area (Å²) in [5, 5.41) is 24.5. The molecule has 0 aliphatic rings. The third-order valence-electron chi connectivity index (χ3n) is 6.04. The number of methoxy groups -OCH3 is 1. The number of ether oxygens (including phenoxy) is 2. The van der Waals surface area contributed by atoms with Crippen molar-refractivity contribution < 1.29 is 42.1 Å². The van der Waals surface area contributed by atoms with E-state index >= 15 is 0 Å². The smallest absolute Gasteiger partial charge is 0.424 e. The number of hydrogen-bond acceptors (Lipinski definition) is 8. The molecule has 1 unspecified atom stereocenters. The second-order valence-corrected chi connectivity index (χ2v) is 9.64. The quantitative estimate of drug-likeness (QED) is 0.0802. The average molecular weight is 580 g/mol. The Labute approximate surface area is 232 Å². The van der Waals surface area contributed by atoms with Crippen molar-refractivity contribution in [2.75, 3.05) is 20.3 Å². The number of amides is 1. The Bertz CT molecular complexity index is 1430. The van der Waals surface area contributed by atoms with Crippen LogP contribution < -0.4 is 26.3 Å². The molecule has 41 heavy (non-hydrogen) atoms. The molecule has 0 radical (unpaired) electrons. The first-order valence-corrected chi connectivity index (χ1v) is 12.0. The Morgan fingerprint density at radius 3 is 2.29 bits per heavy atom. The van der Waals surface area contributed by atoms with Gasteiger partial charge in [-0.3, -0.25) is 4.79 Å². The van der Waals surface area contributed by atoms with Crippen molar-refractivity contribution in [3.8, 4) is 22.8 Å². The van der Waals surface area contributed by atoms with Gasteiger partial charge in [0.1, 0.15) is 12.4 Å². The van der Waals surface area contributed by atoms with Crippen molar-refractivity contribution in [3.63, 3.8) is 0 Å². The first-order valence-electron chi connectivity index (χ1n) is 12.0. The minimum Gasteiger partial charge on any atom is -0.493 e. The van der Waals surface area contributed by atoms with Gasteiger partial charge in [-0.25, -0.2) is 9.37 Å². The highest BCUT2D eigenvalue weighted by molar-refractivity contribution is 5.95. The largest absolute Gasteiger partial charge is 0.493 e. The van der Waals surface area contributed by atoms with Crippen molar-refractivity contribution in [2.24, 2.45) is 16.6 Å². The van der Waals surface area contributed by atoms with E-state index in [-0.39, 0.29) is 46.3 Å². The SMILES string of the molecule is COc1cc(C(=O)NCC(O)(c2cc(C(C)(C)N)cc(-c3ccc(F)cc3)n2)C(F)(F)F)ccc1OC/C(N)=N/O. The number of carbonyl (C=O) groups excluding carboxylic acids is 1. The zero-order valence-electron chi connectivity index (χ0n) is 22.3. The molecule has 1 aromatic heterocycles. The topological polar surface area (TPSA) is 165 Å². The maximum atomic E-state index is 14.4. The summed E-state index contributed by atoms with van der Waals surface area (Å²) >= 11 is 0. The van der Waals surface area contributed by atoms with Crippen molar-refractivity contribution in [2.45, 2.75) is 31.2 Å². The number of halogens is 4. The molecule has 7 N–H and O–H groups in total. The van der Waals surface area contributed by atoms with Crippen molar-refractivity contribution in [1.29, 1.82) is 0 Å². The van der Waals surface area contributed by atoms with Crippen LogP contribution in [0.25, 0.3) is 11.3 Å². The van der Waals surface area contributed by atoms with Crippen LogP contribution in [-0.2, 0) is 11.1 Å². The summed E-state index contributed by atoms with van der Waals surface area (Å²) in [6.07, 6.45) is -5.28. The lowest BCUT2D eigenvalue weighted by atomic mass is 9.89. The first-order chi connectivity index (χ1) is 19.1. The highest BCUT2D eigenvalue weighted by atomic mass is 19.4. The second-order valence-electron chi connectivity index (χ2n) is 9.64. The molecule has 0 spiro atoms. The molecule has 0 bridgehead atoms. The van der Waals surface area contributed by atoms with Crippen LogP contribution in [0.4, 0.5) is 17.6 Å². The number of nitrogens with two attached hydrogens (primary N) is 2. The molecule has 3 aromatic rings. The fourth-order valence-electron chi connectivity index (χ4n) is 3.64. The van der Waals surface area contributed by atoms with Gasteiger partial charge in [-0.15, -0.1) is 0 Å². The summed E-state index contributed by atoms with van der Waals surface area (Å²) in [5.41, 5.74) is 6.33. The Morgan fingerprint density at radius 2 is 1.73 bits per heavy atom. The van der Waals surface area contributed by atoms with Crippen molar-refractivity contribution in [3.05, 3.63) is 77.2 Å². The molecule has 2 aromatic carbocycles. The van der Waals surface area contributed by atoms with Crippen LogP contribution in [0.1, 0.15) is 35.5 Å². The van der Waals surface area contributed by atoms with Crippen LogP contribution >= 0.6 is 0 Å². The van der Waals surface area contributed by atoms with E-state index in [1.54, 1.807) is 13.8 Å². The zero-order valence-corrected chi connectivity index (χ0v) is 22.3. The number of benzene rings is 2. The van der Waals surface area contributed by atoms with Crippen molar-refractivity contribution >= 4 is 11.7 Å². The minimum absolute atomic E-state index is 0.0113. The molecule has 10 nitrogen and oxygen atoms in total. The molecule has 0 saturated heterocycles. The molecular weight excluding hydrogens is 550 g/mol. The van der Waals surface area contributed by atoms with Crippen LogP contribution in [0.15, 0.2) is 59.8 Å². The van der Waals surface area contributed by atoms with E-state index in [4.69, 9.17) is 26.1 Å². The molecule has 0 saturated carbocycles. The number of nitrogens with zero attached hydrogens (tertiary/aromatic N) is 2. The third kappa shape index (κ3) is 7.21.